The van der Waals surface area contributed by atoms with Crippen LogP contribution < -0.4 is 10.1 Å². The molecule has 0 fully saturated rings. The maximum Gasteiger partial charge on any atom is 0.217 e. The van der Waals surface area contributed by atoms with Crippen LogP contribution in [-0.4, -0.2) is 17.2 Å². The molecule has 0 amide bonds. The van der Waals surface area contributed by atoms with Gasteiger partial charge in [0.05, 0.1) is 19.3 Å². The highest BCUT2D eigenvalue weighted by Gasteiger charge is 2.22. The number of ether oxygens (including phenoxy) is 1. The highest BCUT2D eigenvalue weighted by atomic mass is 16.5. The molecular formula is C21H22N2O2. The molecule has 4 heteroatoms. The number of aliphatic hydroxyl groups is 1. The standard InChI is InChI=1S/C21H22N2O2/c1-25-21-18(13-8-14-22-21)15-23-19(16-9-4-2-5-10-16)20(24)17-11-6-3-7-12-17/h2-14,19-20,23-24H,15H2,1H3/t19-,20+/m1/s1. The topological polar surface area (TPSA) is 54.4 Å². The molecule has 2 aromatic carbocycles. The van der Waals surface area contributed by atoms with Gasteiger partial charge in [0.1, 0.15) is 0 Å². The summed E-state index contributed by atoms with van der Waals surface area (Å²) in [5, 5.41) is 14.4. The summed E-state index contributed by atoms with van der Waals surface area (Å²) in [5.41, 5.74) is 2.86. The Morgan fingerprint density at radius 1 is 0.920 bits per heavy atom. The summed E-state index contributed by atoms with van der Waals surface area (Å²) in [7, 11) is 1.61. The van der Waals surface area contributed by atoms with Gasteiger partial charge < -0.3 is 15.2 Å². The normalized spacial score (nSPS) is 13.2. The molecule has 0 aliphatic heterocycles. The average Bonchev–Trinajstić information content (AvgIpc) is 2.70. The summed E-state index contributed by atoms with van der Waals surface area (Å²) in [5.74, 6) is 0.594. The van der Waals surface area contributed by atoms with Crippen LogP contribution in [0.4, 0.5) is 0 Å². The molecule has 0 saturated carbocycles. The monoisotopic (exact) mass is 334 g/mol. The number of nitrogens with one attached hydrogen (secondary N) is 1. The maximum absolute atomic E-state index is 10.9. The Bertz CT molecular complexity index is 778. The van der Waals surface area contributed by atoms with Gasteiger partial charge in [-0.25, -0.2) is 4.98 Å². The zero-order chi connectivity index (χ0) is 17.5. The molecule has 0 aliphatic carbocycles. The molecule has 0 spiro atoms. The quantitative estimate of drug-likeness (QED) is 0.692. The van der Waals surface area contributed by atoms with E-state index in [1.807, 2.05) is 72.8 Å². The number of benzene rings is 2. The van der Waals surface area contributed by atoms with Crippen LogP contribution >= 0.6 is 0 Å². The first kappa shape index (κ1) is 17.1. The molecule has 0 radical (unpaired) electrons. The number of aliphatic hydroxyl groups excluding tert-OH is 1. The predicted octanol–water partition coefficient (Wildman–Crippen LogP) is 3.65. The number of rotatable bonds is 7. The molecule has 3 aromatic rings. The number of hydrogen-bond acceptors (Lipinski definition) is 4. The molecule has 0 saturated heterocycles. The van der Waals surface area contributed by atoms with Crippen molar-refractivity contribution in [1.82, 2.24) is 10.3 Å². The molecule has 4 nitrogen and oxygen atoms in total. The molecule has 3 rings (SSSR count). The fourth-order valence-electron chi connectivity index (χ4n) is 2.88. The van der Waals surface area contributed by atoms with Crippen molar-refractivity contribution >= 4 is 0 Å². The first-order valence-corrected chi connectivity index (χ1v) is 8.29. The van der Waals surface area contributed by atoms with Crippen LogP contribution in [0.1, 0.15) is 28.8 Å². The van der Waals surface area contributed by atoms with E-state index in [1.165, 1.54) is 0 Å². The molecule has 0 aliphatic rings. The first-order valence-electron chi connectivity index (χ1n) is 8.29. The van der Waals surface area contributed by atoms with Gasteiger partial charge in [-0.2, -0.15) is 0 Å². The second-order valence-corrected chi connectivity index (χ2v) is 5.80. The van der Waals surface area contributed by atoms with E-state index in [0.717, 1.165) is 16.7 Å². The number of methoxy groups -OCH3 is 1. The van der Waals surface area contributed by atoms with E-state index < -0.39 is 6.10 Å². The van der Waals surface area contributed by atoms with Gasteiger partial charge in [-0.05, 0) is 17.2 Å². The molecular weight excluding hydrogens is 312 g/mol. The van der Waals surface area contributed by atoms with Crippen LogP contribution in [0.25, 0.3) is 0 Å². The lowest BCUT2D eigenvalue weighted by molar-refractivity contribution is 0.127. The minimum Gasteiger partial charge on any atom is -0.481 e. The maximum atomic E-state index is 10.9. The molecule has 1 heterocycles. The molecule has 0 unspecified atom stereocenters. The van der Waals surface area contributed by atoms with E-state index in [4.69, 9.17) is 4.74 Å². The Morgan fingerprint density at radius 3 is 2.20 bits per heavy atom. The van der Waals surface area contributed by atoms with Crippen molar-refractivity contribution in [1.29, 1.82) is 0 Å². The van der Waals surface area contributed by atoms with Crippen molar-refractivity contribution < 1.29 is 9.84 Å². The minimum atomic E-state index is -0.661. The Balaban J connectivity index is 1.84. The van der Waals surface area contributed by atoms with Gasteiger partial charge >= 0.3 is 0 Å². The van der Waals surface area contributed by atoms with Crippen LogP contribution in [0.2, 0.25) is 0 Å². The van der Waals surface area contributed by atoms with Crippen LogP contribution in [0.3, 0.4) is 0 Å². The highest BCUT2D eigenvalue weighted by molar-refractivity contribution is 5.28. The summed E-state index contributed by atoms with van der Waals surface area (Å²) >= 11 is 0. The van der Waals surface area contributed by atoms with Crippen LogP contribution in [0.15, 0.2) is 79.0 Å². The number of aromatic nitrogens is 1. The highest BCUT2D eigenvalue weighted by Crippen LogP contribution is 2.29. The lowest BCUT2D eigenvalue weighted by Gasteiger charge is -2.25. The Morgan fingerprint density at radius 2 is 1.56 bits per heavy atom. The third kappa shape index (κ3) is 4.24. The molecule has 2 N–H and O–H groups in total. The number of nitrogens with zero attached hydrogens (tertiary/aromatic N) is 1. The van der Waals surface area contributed by atoms with E-state index in [9.17, 15) is 5.11 Å². The van der Waals surface area contributed by atoms with Crippen molar-refractivity contribution in [2.45, 2.75) is 18.7 Å². The first-order chi connectivity index (χ1) is 12.3. The van der Waals surface area contributed by atoms with Crippen LogP contribution in [0, 0.1) is 0 Å². The zero-order valence-electron chi connectivity index (χ0n) is 14.2. The van der Waals surface area contributed by atoms with E-state index in [-0.39, 0.29) is 6.04 Å². The van der Waals surface area contributed by atoms with Crippen molar-refractivity contribution in [3.8, 4) is 5.88 Å². The van der Waals surface area contributed by atoms with Crippen LogP contribution in [-0.2, 0) is 6.54 Å². The van der Waals surface area contributed by atoms with Gasteiger partial charge in [0.15, 0.2) is 0 Å². The molecule has 0 bridgehead atoms. The van der Waals surface area contributed by atoms with Gasteiger partial charge in [0.25, 0.3) is 0 Å². The Kier molecular flexibility index (Phi) is 5.77. The summed E-state index contributed by atoms with van der Waals surface area (Å²) < 4.78 is 5.31. The SMILES string of the molecule is COc1ncccc1CN[C@H](c1ccccc1)[C@@H](O)c1ccccc1. The lowest BCUT2D eigenvalue weighted by Crippen LogP contribution is -2.27. The van der Waals surface area contributed by atoms with E-state index in [1.54, 1.807) is 13.3 Å². The summed E-state index contributed by atoms with van der Waals surface area (Å²) in [6.07, 6.45) is 1.04. The van der Waals surface area contributed by atoms with E-state index >= 15 is 0 Å². The molecule has 1 aromatic heterocycles. The van der Waals surface area contributed by atoms with Crippen molar-refractivity contribution in [3.05, 3.63) is 95.7 Å². The molecule has 25 heavy (non-hydrogen) atoms. The van der Waals surface area contributed by atoms with Crippen molar-refractivity contribution in [3.63, 3.8) is 0 Å². The lowest BCUT2D eigenvalue weighted by atomic mass is 9.95. The summed E-state index contributed by atoms with van der Waals surface area (Å²) in [6, 6.07) is 23.3. The predicted molar refractivity (Wildman–Crippen MR) is 98.2 cm³/mol. The Labute approximate surface area is 148 Å². The van der Waals surface area contributed by atoms with E-state index in [0.29, 0.717) is 12.4 Å². The van der Waals surface area contributed by atoms with E-state index in [2.05, 4.69) is 10.3 Å². The Hall–Kier alpha value is -2.69. The summed E-state index contributed by atoms with van der Waals surface area (Å²) in [6.45, 7) is 0.542. The van der Waals surface area contributed by atoms with Gasteiger partial charge in [-0.15, -0.1) is 0 Å². The zero-order valence-corrected chi connectivity index (χ0v) is 14.2. The van der Waals surface area contributed by atoms with Gasteiger partial charge in [0, 0.05) is 18.3 Å². The fraction of sp³-hybridized carbons (Fsp3) is 0.190. The second-order valence-electron chi connectivity index (χ2n) is 5.80. The molecule has 2 atom stereocenters. The van der Waals surface area contributed by atoms with Gasteiger partial charge in [-0.3, -0.25) is 0 Å². The van der Waals surface area contributed by atoms with Crippen molar-refractivity contribution in [2.24, 2.45) is 0 Å². The average molecular weight is 334 g/mol. The second kappa shape index (κ2) is 8.42. The van der Waals surface area contributed by atoms with Crippen molar-refractivity contribution in [2.75, 3.05) is 7.11 Å². The number of pyridine rings is 1. The van der Waals surface area contributed by atoms with Crippen LogP contribution in [0.5, 0.6) is 5.88 Å². The van der Waals surface area contributed by atoms with Gasteiger partial charge in [0.2, 0.25) is 5.88 Å². The molecule has 128 valence electrons. The minimum absolute atomic E-state index is 0.242. The largest absolute Gasteiger partial charge is 0.481 e. The smallest absolute Gasteiger partial charge is 0.217 e. The third-order valence-electron chi connectivity index (χ3n) is 4.17. The van der Waals surface area contributed by atoms with Gasteiger partial charge in [-0.1, -0.05) is 66.7 Å². The number of hydrogen-bond donors (Lipinski definition) is 2. The fourth-order valence-corrected chi connectivity index (χ4v) is 2.88. The third-order valence-corrected chi connectivity index (χ3v) is 4.17. The summed E-state index contributed by atoms with van der Waals surface area (Å²) in [4.78, 5) is 4.23.